The van der Waals surface area contributed by atoms with Crippen molar-refractivity contribution in [3.8, 4) is 0 Å². The maximum Gasteiger partial charge on any atom is 0.416 e. The van der Waals surface area contributed by atoms with Gasteiger partial charge in [-0.1, -0.05) is 0 Å². The van der Waals surface area contributed by atoms with Gasteiger partial charge in [0.15, 0.2) is 0 Å². The van der Waals surface area contributed by atoms with E-state index in [0.29, 0.717) is 17.4 Å². The van der Waals surface area contributed by atoms with Crippen molar-refractivity contribution >= 4 is 16.9 Å². The largest absolute Gasteiger partial charge is 0.465 e. The fourth-order valence-electron chi connectivity index (χ4n) is 2.04. The van der Waals surface area contributed by atoms with Crippen LogP contribution in [0.15, 0.2) is 24.4 Å². The summed E-state index contributed by atoms with van der Waals surface area (Å²) in [6.07, 6.45) is -2.84. The van der Waals surface area contributed by atoms with E-state index in [-0.39, 0.29) is 5.56 Å². The highest BCUT2D eigenvalue weighted by Gasteiger charge is 2.32. The minimum absolute atomic E-state index is 0.0702. The Kier molecular flexibility index (Phi) is 3.26. The maximum atomic E-state index is 12.8. The van der Waals surface area contributed by atoms with Gasteiger partial charge in [-0.25, -0.2) is 4.79 Å². The molecule has 0 atom stereocenters. The minimum Gasteiger partial charge on any atom is -0.465 e. The Balaban J connectivity index is 2.78. The van der Waals surface area contributed by atoms with E-state index in [2.05, 4.69) is 4.74 Å². The van der Waals surface area contributed by atoms with E-state index < -0.39 is 17.7 Å². The summed E-state index contributed by atoms with van der Waals surface area (Å²) in [6, 6.07) is 3.43. The van der Waals surface area contributed by atoms with Gasteiger partial charge in [0.1, 0.15) is 0 Å². The monoisotopic (exact) mass is 271 g/mol. The van der Waals surface area contributed by atoms with Crippen molar-refractivity contribution in [2.24, 2.45) is 0 Å². The molecule has 2 rings (SSSR count). The molecule has 6 heteroatoms. The SMILES string of the molecule is CCn1ccc2cc(C(F)(F)F)cc(C(=O)OC)c21. The zero-order chi connectivity index (χ0) is 14.2. The first-order chi connectivity index (χ1) is 8.88. The van der Waals surface area contributed by atoms with Crippen LogP contribution in [-0.2, 0) is 17.5 Å². The molecule has 19 heavy (non-hydrogen) atoms. The molecule has 102 valence electrons. The second kappa shape index (κ2) is 4.60. The number of nitrogens with zero attached hydrogens (tertiary/aromatic N) is 1. The van der Waals surface area contributed by atoms with Crippen molar-refractivity contribution in [2.75, 3.05) is 7.11 Å². The number of methoxy groups -OCH3 is 1. The molecule has 0 amide bonds. The number of hydrogen-bond acceptors (Lipinski definition) is 2. The molecule has 0 saturated heterocycles. The number of aryl methyl sites for hydroxylation is 1. The minimum atomic E-state index is -4.49. The summed E-state index contributed by atoms with van der Waals surface area (Å²) in [6.45, 7) is 2.40. The van der Waals surface area contributed by atoms with Crippen LogP contribution >= 0.6 is 0 Å². The van der Waals surface area contributed by atoms with E-state index in [4.69, 9.17) is 0 Å². The third kappa shape index (κ3) is 2.30. The number of rotatable bonds is 2. The Morgan fingerprint density at radius 2 is 2.05 bits per heavy atom. The molecule has 0 spiro atoms. The molecule has 1 heterocycles. The molecule has 3 nitrogen and oxygen atoms in total. The normalized spacial score (nSPS) is 11.8. The number of halogens is 3. The van der Waals surface area contributed by atoms with Crippen LogP contribution < -0.4 is 0 Å². The molecule has 0 bridgehead atoms. The Morgan fingerprint density at radius 3 is 2.58 bits per heavy atom. The van der Waals surface area contributed by atoms with Crippen molar-refractivity contribution < 1.29 is 22.7 Å². The molecule has 0 unspecified atom stereocenters. The van der Waals surface area contributed by atoms with Gasteiger partial charge in [0.05, 0.1) is 23.8 Å². The molecule has 0 saturated carbocycles. The van der Waals surface area contributed by atoms with Crippen molar-refractivity contribution in [2.45, 2.75) is 19.6 Å². The number of fused-ring (bicyclic) bond motifs is 1. The zero-order valence-electron chi connectivity index (χ0n) is 10.4. The quantitative estimate of drug-likeness (QED) is 0.783. The van der Waals surface area contributed by atoms with Crippen LogP contribution in [0.1, 0.15) is 22.8 Å². The van der Waals surface area contributed by atoms with Gasteiger partial charge in [0.2, 0.25) is 0 Å². The maximum absolute atomic E-state index is 12.8. The molecular formula is C13H12F3NO2. The van der Waals surface area contributed by atoms with Gasteiger partial charge in [-0.2, -0.15) is 13.2 Å². The van der Waals surface area contributed by atoms with Gasteiger partial charge in [0.25, 0.3) is 0 Å². The van der Waals surface area contributed by atoms with Crippen molar-refractivity contribution in [1.82, 2.24) is 4.57 Å². The van der Waals surface area contributed by atoms with Crippen molar-refractivity contribution in [3.63, 3.8) is 0 Å². The summed E-state index contributed by atoms with van der Waals surface area (Å²) in [5.74, 6) is -0.774. The Bertz CT molecular complexity index is 629. The summed E-state index contributed by atoms with van der Waals surface area (Å²) in [4.78, 5) is 11.7. The predicted molar refractivity (Wildman–Crippen MR) is 64.0 cm³/mol. The van der Waals surface area contributed by atoms with Crippen LogP contribution in [0.3, 0.4) is 0 Å². The molecule has 0 fully saturated rings. The fourth-order valence-corrected chi connectivity index (χ4v) is 2.04. The summed E-state index contributed by atoms with van der Waals surface area (Å²) in [5, 5.41) is 0.372. The highest BCUT2D eigenvalue weighted by Crippen LogP contribution is 2.34. The molecule has 1 aromatic carbocycles. The second-order valence-corrected chi connectivity index (χ2v) is 4.05. The number of carbonyl (C=O) groups excluding carboxylic acids is 1. The van der Waals surface area contributed by atoms with Gasteiger partial charge in [-0.05, 0) is 25.1 Å². The lowest BCUT2D eigenvalue weighted by atomic mass is 10.1. The molecule has 0 aliphatic carbocycles. The highest BCUT2D eigenvalue weighted by atomic mass is 19.4. The fraction of sp³-hybridized carbons (Fsp3) is 0.308. The van der Waals surface area contributed by atoms with E-state index >= 15 is 0 Å². The first-order valence-electron chi connectivity index (χ1n) is 5.67. The zero-order valence-corrected chi connectivity index (χ0v) is 10.4. The average Bonchev–Trinajstić information content (AvgIpc) is 2.78. The Hall–Kier alpha value is -1.98. The first kappa shape index (κ1) is 13.5. The summed E-state index contributed by atoms with van der Waals surface area (Å²) in [5.41, 5.74) is -0.462. The van der Waals surface area contributed by atoms with Crippen LogP contribution in [0.2, 0.25) is 0 Å². The predicted octanol–water partition coefficient (Wildman–Crippen LogP) is 3.47. The summed E-state index contributed by atoms with van der Waals surface area (Å²) < 4.78 is 44.7. The lowest BCUT2D eigenvalue weighted by molar-refractivity contribution is -0.137. The second-order valence-electron chi connectivity index (χ2n) is 4.05. The number of hydrogen-bond donors (Lipinski definition) is 0. The molecule has 0 aliphatic heterocycles. The van der Waals surface area contributed by atoms with E-state index in [0.717, 1.165) is 19.2 Å². The molecule has 0 aliphatic rings. The van der Waals surface area contributed by atoms with E-state index in [1.54, 1.807) is 16.8 Å². The van der Waals surface area contributed by atoms with Crippen molar-refractivity contribution in [3.05, 3.63) is 35.5 Å². The third-order valence-corrected chi connectivity index (χ3v) is 2.93. The topological polar surface area (TPSA) is 31.2 Å². The standard InChI is InChI=1S/C13H12F3NO2/c1-3-17-5-4-8-6-9(13(14,15)16)7-10(11(8)17)12(18)19-2/h4-7H,3H2,1-2H3. The molecule has 0 N–H and O–H groups in total. The lowest BCUT2D eigenvalue weighted by Crippen LogP contribution is -2.10. The smallest absolute Gasteiger partial charge is 0.416 e. The van der Waals surface area contributed by atoms with Crippen LogP contribution in [0.25, 0.3) is 10.9 Å². The Labute approximate surface area is 107 Å². The first-order valence-corrected chi connectivity index (χ1v) is 5.67. The van der Waals surface area contributed by atoms with Gasteiger partial charge in [-0.15, -0.1) is 0 Å². The number of alkyl halides is 3. The van der Waals surface area contributed by atoms with E-state index in [1.165, 1.54) is 0 Å². The molecule has 1 aromatic heterocycles. The average molecular weight is 271 g/mol. The third-order valence-electron chi connectivity index (χ3n) is 2.93. The van der Waals surface area contributed by atoms with E-state index in [9.17, 15) is 18.0 Å². The molecule has 2 aromatic rings. The number of ether oxygens (including phenoxy) is 1. The van der Waals surface area contributed by atoms with Gasteiger partial charge >= 0.3 is 12.1 Å². The lowest BCUT2D eigenvalue weighted by Gasteiger charge is -2.11. The van der Waals surface area contributed by atoms with Gasteiger partial charge < -0.3 is 9.30 Å². The van der Waals surface area contributed by atoms with Gasteiger partial charge in [-0.3, -0.25) is 0 Å². The van der Waals surface area contributed by atoms with E-state index in [1.807, 2.05) is 6.92 Å². The molecular weight excluding hydrogens is 259 g/mol. The highest BCUT2D eigenvalue weighted by molar-refractivity contribution is 6.03. The summed E-state index contributed by atoms with van der Waals surface area (Å²) >= 11 is 0. The van der Waals surface area contributed by atoms with Gasteiger partial charge in [0, 0.05) is 18.1 Å². The summed E-state index contributed by atoms with van der Waals surface area (Å²) in [7, 11) is 1.15. The van der Waals surface area contributed by atoms with Crippen LogP contribution in [0, 0.1) is 0 Å². The van der Waals surface area contributed by atoms with Crippen LogP contribution in [0.4, 0.5) is 13.2 Å². The number of aromatic nitrogens is 1. The molecule has 0 radical (unpaired) electrons. The number of carbonyl (C=O) groups is 1. The number of benzene rings is 1. The van der Waals surface area contributed by atoms with Crippen LogP contribution in [-0.4, -0.2) is 17.6 Å². The number of esters is 1. The van der Waals surface area contributed by atoms with Crippen LogP contribution in [0.5, 0.6) is 0 Å². The Morgan fingerprint density at radius 1 is 1.37 bits per heavy atom. The van der Waals surface area contributed by atoms with Crippen molar-refractivity contribution in [1.29, 1.82) is 0 Å².